The van der Waals surface area contributed by atoms with Crippen LogP contribution in [0.5, 0.6) is 0 Å². The standard InChI is InChI=1S/C15H25N3O2/c1-11(12-7-5-3-4-6-8-12)16-10-14-13(15(19)20)9-17-18(14)2/h9,11-12,16H,3-8,10H2,1-2H3,(H,19,20)/t11-/m1/s1. The minimum Gasteiger partial charge on any atom is -0.478 e. The molecule has 0 unspecified atom stereocenters. The molecule has 1 aromatic rings. The van der Waals surface area contributed by atoms with Gasteiger partial charge in [0.1, 0.15) is 5.56 Å². The Bertz CT molecular complexity index is 448. The molecule has 2 rings (SSSR count). The number of aryl methyl sites for hydroxylation is 1. The highest BCUT2D eigenvalue weighted by Gasteiger charge is 2.20. The summed E-state index contributed by atoms with van der Waals surface area (Å²) in [5.74, 6) is -0.198. The Kier molecular flexibility index (Phi) is 5.17. The van der Waals surface area contributed by atoms with Gasteiger partial charge in [-0.3, -0.25) is 4.68 Å². The van der Waals surface area contributed by atoms with Crippen LogP contribution in [0.15, 0.2) is 6.20 Å². The molecule has 0 spiro atoms. The first-order valence-corrected chi connectivity index (χ1v) is 7.57. The van der Waals surface area contributed by atoms with Crippen molar-refractivity contribution in [3.8, 4) is 0 Å². The Morgan fingerprint density at radius 1 is 1.45 bits per heavy atom. The van der Waals surface area contributed by atoms with Crippen molar-refractivity contribution >= 4 is 5.97 Å². The van der Waals surface area contributed by atoms with Crippen molar-refractivity contribution in [3.63, 3.8) is 0 Å². The quantitative estimate of drug-likeness (QED) is 0.813. The Morgan fingerprint density at radius 2 is 2.10 bits per heavy atom. The maximum atomic E-state index is 11.1. The molecule has 1 aliphatic carbocycles. The lowest BCUT2D eigenvalue weighted by Crippen LogP contribution is -2.34. The normalized spacial score (nSPS) is 18.7. The van der Waals surface area contributed by atoms with Crippen molar-refractivity contribution in [3.05, 3.63) is 17.5 Å². The molecule has 0 aromatic carbocycles. The van der Waals surface area contributed by atoms with Gasteiger partial charge in [-0.2, -0.15) is 5.10 Å². The van der Waals surface area contributed by atoms with E-state index in [9.17, 15) is 4.79 Å². The minimum absolute atomic E-state index is 0.299. The summed E-state index contributed by atoms with van der Waals surface area (Å²) in [7, 11) is 1.79. The van der Waals surface area contributed by atoms with Crippen LogP contribution in [0.2, 0.25) is 0 Å². The Balaban J connectivity index is 1.94. The molecule has 1 aliphatic rings. The number of aromatic carboxylic acids is 1. The third-order valence-electron chi connectivity index (χ3n) is 4.49. The van der Waals surface area contributed by atoms with Gasteiger partial charge in [0.25, 0.3) is 0 Å². The molecular weight excluding hydrogens is 254 g/mol. The second-order valence-corrected chi connectivity index (χ2v) is 5.85. The smallest absolute Gasteiger partial charge is 0.339 e. The van der Waals surface area contributed by atoms with E-state index in [1.807, 2.05) is 0 Å². The largest absolute Gasteiger partial charge is 0.478 e. The fourth-order valence-electron chi connectivity index (χ4n) is 3.09. The lowest BCUT2D eigenvalue weighted by molar-refractivity contribution is 0.0695. The third kappa shape index (κ3) is 3.60. The van der Waals surface area contributed by atoms with Crippen LogP contribution in [0.4, 0.5) is 0 Å². The molecule has 1 atom stereocenters. The first kappa shape index (κ1) is 15.0. The molecule has 1 fully saturated rings. The highest BCUT2D eigenvalue weighted by Crippen LogP contribution is 2.25. The van der Waals surface area contributed by atoms with E-state index in [-0.39, 0.29) is 0 Å². The zero-order chi connectivity index (χ0) is 14.5. The Hall–Kier alpha value is -1.36. The molecule has 0 amide bonds. The van der Waals surface area contributed by atoms with E-state index in [2.05, 4.69) is 17.3 Å². The van der Waals surface area contributed by atoms with Gasteiger partial charge in [0.15, 0.2) is 0 Å². The summed E-state index contributed by atoms with van der Waals surface area (Å²) in [5.41, 5.74) is 1.05. The van der Waals surface area contributed by atoms with E-state index in [1.54, 1.807) is 11.7 Å². The van der Waals surface area contributed by atoms with Crippen LogP contribution in [-0.2, 0) is 13.6 Å². The molecule has 1 aromatic heterocycles. The maximum Gasteiger partial charge on any atom is 0.339 e. The van der Waals surface area contributed by atoms with Crippen molar-refractivity contribution in [2.24, 2.45) is 13.0 Å². The highest BCUT2D eigenvalue weighted by atomic mass is 16.4. The molecule has 5 heteroatoms. The molecule has 0 radical (unpaired) electrons. The SMILES string of the molecule is C[C@@H](NCc1c(C(=O)O)cnn1C)C1CCCCCC1. The van der Waals surface area contributed by atoms with E-state index in [1.165, 1.54) is 44.7 Å². The number of hydrogen-bond donors (Lipinski definition) is 2. The number of nitrogens with zero attached hydrogens (tertiary/aromatic N) is 2. The monoisotopic (exact) mass is 279 g/mol. The topological polar surface area (TPSA) is 67.2 Å². The van der Waals surface area contributed by atoms with Crippen LogP contribution in [0.1, 0.15) is 61.5 Å². The van der Waals surface area contributed by atoms with Crippen molar-refractivity contribution in [2.45, 2.75) is 58.0 Å². The summed E-state index contributed by atoms with van der Waals surface area (Å²) in [5, 5.41) is 16.7. The van der Waals surface area contributed by atoms with Gasteiger partial charge in [0.05, 0.1) is 11.9 Å². The molecule has 112 valence electrons. The summed E-state index contributed by atoms with van der Waals surface area (Å²) in [6.07, 6.45) is 9.35. The molecule has 20 heavy (non-hydrogen) atoms. The molecular formula is C15H25N3O2. The molecule has 0 aliphatic heterocycles. The van der Waals surface area contributed by atoms with E-state index in [4.69, 9.17) is 5.11 Å². The zero-order valence-corrected chi connectivity index (χ0v) is 12.4. The second kappa shape index (κ2) is 6.88. The van der Waals surface area contributed by atoms with Crippen molar-refractivity contribution in [1.82, 2.24) is 15.1 Å². The number of aromatic nitrogens is 2. The molecule has 1 heterocycles. The van der Waals surface area contributed by atoms with Gasteiger partial charge in [-0.1, -0.05) is 25.7 Å². The van der Waals surface area contributed by atoms with Gasteiger partial charge in [-0.15, -0.1) is 0 Å². The zero-order valence-electron chi connectivity index (χ0n) is 12.4. The third-order valence-corrected chi connectivity index (χ3v) is 4.49. The van der Waals surface area contributed by atoms with Crippen LogP contribution in [-0.4, -0.2) is 26.9 Å². The number of rotatable bonds is 5. The predicted molar refractivity (Wildman–Crippen MR) is 77.7 cm³/mol. The summed E-state index contributed by atoms with van der Waals surface area (Å²) >= 11 is 0. The van der Waals surface area contributed by atoms with Gasteiger partial charge in [-0.05, 0) is 25.7 Å². The van der Waals surface area contributed by atoms with Crippen molar-refractivity contribution in [2.75, 3.05) is 0 Å². The van der Waals surface area contributed by atoms with Gasteiger partial charge in [0.2, 0.25) is 0 Å². The van der Waals surface area contributed by atoms with E-state index in [0.717, 1.165) is 5.69 Å². The van der Waals surface area contributed by atoms with Crippen LogP contribution in [0.3, 0.4) is 0 Å². The summed E-state index contributed by atoms with van der Waals surface area (Å²) in [6.45, 7) is 2.78. The van der Waals surface area contributed by atoms with E-state index >= 15 is 0 Å². The highest BCUT2D eigenvalue weighted by molar-refractivity contribution is 5.88. The van der Waals surface area contributed by atoms with Crippen LogP contribution < -0.4 is 5.32 Å². The predicted octanol–water partition coefficient (Wildman–Crippen LogP) is 2.57. The van der Waals surface area contributed by atoms with Crippen molar-refractivity contribution in [1.29, 1.82) is 0 Å². The summed E-state index contributed by atoms with van der Waals surface area (Å²) in [4.78, 5) is 11.1. The number of carbonyl (C=O) groups is 1. The fourth-order valence-corrected chi connectivity index (χ4v) is 3.09. The molecule has 1 saturated carbocycles. The Labute approximate surface area is 120 Å². The lowest BCUT2D eigenvalue weighted by atomic mass is 9.93. The van der Waals surface area contributed by atoms with Crippen molar-refractivity contribution < 1.29 is 9.90 Å². The van der Waals surface area contributed by atoms with E-state index < -0.39 is 5.97 Å². The molecule has 0 saturated heterocycles. The molecule has 0 bridgehead atoms. The van der Waals surface area contributed by atoms with E-state index in [0.29, 0.717) is 24.1 Å². The van der Waals surface area contributed by atoms with Crippen LogP contribution in [0.25, 0.3) is 0 Å². The maximum absolute atomic E-state index is 11.1. The van der Waals surface area contributed by atoms with Crippen LogP contribution >= 0.6 is 0 Å². The Morgan fingerprint density at radius 3 is 2.70 bits per heavy atom. The number of carboxylic acids is 1. The average molecular weight is 279 g/mol. The van der Waals surface area contributed by atoms with Gasteiger partial charge >= 0.3 is 5.97 Å². The first-order chi connectivity index (χ1) is 9.59. The van der Waals surface area contributed by atoms with Crippen LogP contribution in [0, 0.1) is 5.92 Å². The van der Waals surface area contributed by atoms with Gasteiger partial charge in [-0.25, -0.2) is 4.79 Å². The summed E-state index contributed by atoms with van der Waals surface area (Å²) in [6, 6.07) is 0.421. The summed E-state index contributed by atoms with van der Waals surface area (Å²) < 4.78 is 1.65. The first-order valence-electron chi connectivity index (χ1n) is 7.57. The number of nitrogens with one attached hydrogen (secondary N) is 1. The average Bonchev–Trinajstić information content (AvgIpc) is 2.65. The number of carboxylic acid groups (broad SMARTS) is 1. The van der Waals surface area contributed by atoms with Gasteiger partial charge in [0, 0.05) is 19.6 Å². The lowest BCUT2D eigenvalue weighted by Gasteiger charge is -2.23. The molecule has 5 nitrogen and oxygen atoms in total. The number of hydrogen-bond acceptors (Lipinski definition) is 3. The van der Waals surface area contributed by atoms with Gasteiger partial charge < -0.3 is 10.4 Å². The second-order valence-electron chi connectivity index (χ2n) is 5.85. The fraction of sp³-hybridized carbons (Fsp3) is 0.733. The minimum atomic E-state index is -0.906. The molecule has 2 N–H and O–H groups in total.